The Balaban J connectivity index is 1.56. The number of rotatable bonds is 6. The van der Waals surface area contributed by atoms with Crippen LogP contribution >= 0.6 is 11.6 Å². The van der Waals surface area contributed by atoms with Gasteiger partial charge in [-0.25, -0.2) is 4.98 Å². The average molecular weight is 564 g/mol. The number of halogens is 4. The fourth-order valence-electron chi connectivity index (χ4n) is 4.70. The minimum atomic E-state index is -4.71. The van der Waals surface area contributed by atoms with E-state index >= 15 is 0 Å². The Kier molecular flexibility index (Phi) is 7.50. The summed E-state index contributed by atoms with van der Waals surface area (Å²) in [5.74, 6) is -0.468. The lowest BCUT2D eigenvalue weighted by Gasteiger charge is -2.27. The molecule has 0 saturated carbocycles. The van der Waals surface area contributed by atoms with Crippen LogP contribution in [0.4, 0.5) is 19.1 Å². The number of pyridine rings is 1. The van der Waals surface area contributed by atoms with Gasteiger partial charge in [0.05, 0.1) is 35.3 Å². The van der Waals surface area contributed by atoms with Crippen LogP contribution in [-0.4, -0.2) is 63.7 Å². The van der Waals surface area contributed by atoms with E-state index in [0.29, 0.717) is 60.6 Å². The fraction of sp³-hybridized carbons (Fsp3) is 0.385. The normalized spacial score (nSPS) is 18.4. The molecule has 4 heterocycles. The second-order valence-corrected chi connectivity index (χ2v) is 9.78. The van der Waals surface area contributed by atoms with Gasteiger partial charge in [0, 0.05) is 37.0 Å². The maximum absolute atomic E-state index is 13.2. The molecule has 1 aromatic carbocycles. The van der Waals surface area contributed by atoms with E-state index in [1.807, 2.05) is 0 Å². The maximum atomic E-state index is 13.2. The van der Waals surface area contributed by atoms with Gasteiger partial charge in [-0.2, -0.15) is 13.2 Å². The van der Waals surface area contributed by atoms with Crippen LogP contribution in [0.25, 0.3) is 11.0 Å². The van der Waals surface area contributed by atoms with Crippen LogP contribution in [0.1, 0.15) is 41.4 Å². The van der Waals surface area contributed by atoms with Crippen molar-refractivity contribution < 1.29 is 32.2 Å². The van der Waals surface area contributed by atoms with Crippen LogP contribution in [-0.2, 0) is 15.7 Å². The monoisotopic (exact) mass is 563 g/mol. The summed E-state index contributed by atoms with van der Waals surface area (Å²) in [4.78, 5) is 35.2. The molecular weight excluding hydrogens is 539 g/mol. The number of carbonyl (C=O) groups is 2. The molecule has 2 fully saturated rings. The Labute approximate surface area is 226 Å². The molecule has 0 spiro atoms. The van der Waals surface area contributed by atoms with Crippen molar-refractivity contribution in [2.24, 2.45) is 0 Å². The number of hydrogen-bond donors (Lipinski definition) is 1. The first-order chi connectivity index (χ1) is 18.6. The number of ether oxygens (including phenoxy) is 2. The van der Waals surface area contributed by atoms with Crippen LogP contribution in [0.2, 0.25) is 5.02 Å². The van der Waals surface area contributed by atoms with Crippen LogP contribution in [0.15, 0.2) is 43.1 Å². The predicted octanol–water partition coefficient (Wildman–Crippen LogP) is 4.87. The topological polar surface area (TPSA) is 98.6 Å². The second-order valence-electron chi connectivity index (χ2n) is 9.38. The van der Waals surface area contributed by atoms with Crippen molar-refractivity contribution in [1.29, 1.82) is 0 Å². The molecule has 9 nitrogen and oxygen atoms in total. The van der Waals surface area contributed by atoms with Crippen molar-refractivity contribution in [3.05, 3.63) is 59.4 Å². The molecule has 2 aliphatic heterocycles. The molecule has 1 N–H and O–H groups in total. The number of likely N-dealkylation sites (tertiary alicyclic amines) is 1. The third-order valence-electron chi connectivity index (χ3n) is 6.66. The van der Waals surface area contributed by atoms with Gasteiger partial charge >= 0.3 is 6.18 Å². The van der Waals surface area contributed by atoms with E-state index in [0.717, 1.165) is 19.0 Å². The highest BCUT2D eigenvalue weighted by Crippen LogP contribution is 2.37. The van der Waals surface area contributed by atoms with Crippen LogP contribution in [0.5, 0.6) is 5.75 Å². The number of benzene rings is 1. The molecule has 2 aromatic heterocycles. The minimum Gasteiger partial charge on any atom is -0.485 e. The average Bonchev–Trinajstić information content (AvgIpc) is 3.06. The van der Waals surface area contributed by atoms with E-state index in [9.17, 15) is 22.8 Å². The van der Waals surface area contributed by atoms with E-state index in [4.69, 9.17) is 21.1 Å². The van der Waals surface area contributed by atoms with Crippen molar-refractivity contribution in [2.75, 3.05) is 31.6 Å². The Morgan fingerprint density at radius 1 is 1.23 bits per heavy atom. The standard InChI is InChI=1S/C26H25ClF3N5O4/c1-2-22(36)34-8-4-3-5-16(12-34)35-23-19(27)10-17(39-18-13-38-14-18)11-20(23)32-25(35)33-24(37)15-6-7-31-21(9-15)26(28,29)30/h2,6-7,9-11,16,18H,1,3-5,8,12-14H2,(H,32,33,37)/t16-/m1/s1. The highest BCUT2D eigenvalue weighted by Gasteiger charge is 2.33. The largest absolute Gasteiger partial charge is 0.485 e. The number of amides is 2. The van der Waals surface area contributed by atoms with Gasteiger partial charge in [0.1, 0.15) is 17.5 Å². The number of nitrogens with one attached hydrogen (secondary N) is 1. The summed E-state index contributed by atoms with van der Waals surface area (Å²) in [7, 11) is 0. The summed E-state index contributed by atoms with van der Waals surface area (Å²) in [6, 6.07) is 4.87. The Morgan fingerprint density at radius 2 is 2.03 bits per heavy atom. The van der Waals surface area contributed by atoms with Crippen molar-refractivity contribution in [3.8, 4) is 5.75 Å². The van der Waals surface area contributed by atoms with E-state index in [2.05, 4.69) is 21.9 Å². The Hall–Kier alpha value is -3.64. The van der Waals surface area contributed by atoms with E-state index in [1.54, 1.807) is 21.6 Å². The lowest BCUT2D eigenvalue weighted by molar-refractivity contribution is -0.141. The summed E-state index contributed by atoms with van der Waals surface area (Å²) in [6.45, 7) is 5.33. The molecule has 2 amide bonds. The summed E-state index contributed by atoms with van der Waals surface area (Å²) < 4.78 is 52.4. The SMILES string of the molecule is C=CC(=O)N1CCCC[C@@H](n2c(NC(=O)c3ccnc(C(F)(F)F)c3)nc3cc(OC4COC4)cc(Cl)c32)C1. The van der Waals surface area contributed by atoms with Gasteiger partial charge in [-0.3, -0.25) is 19.9 Å². The molecule has 206 valence electrons. The molecule has 5 rings (SSSR count). The van der Waals surface area contributed by atoms with Crippen molar-refractivity contribution in [1.82, 2.24) is 19.4 Å². The molecule has 13 heteroatoms. The number of aromatic nitrogens is 3. The van der Waals surface area contributed by atoms with E-state index in [-0.39, 0.29) is 29.6 Å². The van der Waals surface area contributed by atoms with Crippen molar-refractivity contribution in [3.63, 3.8) is 0 Å². The van der Waals surface area contributed by atoms with Crippen molar-refractivity contribution >= 4 is 40.4 Å². The number of carbonyl (C=O) groups excluding carboxylic acids is 2. The number of alkyl halides is 3. The third-order valence-corrected chi connectivity index (χ3v) is 6.95. The number of fused-ring (bicyclic) bond motifs is 1. The van der Waals surface area contributed by atoms with E-state index in [1.165, 1.54) is 12.1 Å². The maximum Gasteiger partial charge on any atom is 0.433 e. The summed E-state index contributed by atoms with van der Waals surface area (Å²) >= 11 is 6.72. The van der Waals surface area contributed by atoms with Gasteiger partial charge in [0.25, 0.3) is 5.91 Å². The molecule has 2 aliphatic rings. The van der Waals surface area contributed by atoms with Gasteiger partial charge < -0.3 is 18.9 Å². The third kappa shape index (κ3) is 5.71. The molecule has 1 atom stereocenters. The molecule has 39 heavy (non-hydrogen) atoms. The van der Waals surface area contributed by atoms with Gasteiger partial charge in [0.2, 0.25) is 11.9 Å². The second kappa shape index (κ2) is 10.9. The molecule has 0 aliphatic carbocycles. The fourth-order valence-corrected chi connectivity index (χ4v) is 5.00. The van der Waals surface area contributed by atoms with Gasteiger partial charge in [-0.05, 0) is 37.5 Å². The minimum absolute atomic E-state index is 0.0873. The van der Waals surface area contributed by atoms with Gasteiger partial charge in [-0.15, -0.1) is 0 Å². The number of anilines is 1. The smallest absolute Gasteiger partial charge is 0.433 e. The van der Waals surface area contributed by atoms with Crippen LogP contribution in [0.3, 0.4) is 0 Å². The lowest BCUT2D eigenvalue weighted by Crippen LogP contribution is -2.38. The number of nitrogens with zero attached hydrogens (tertiary/aromatic N) is 4. The summed E-state index contributed by atoms with van der Waals surface area (Å²) in [5, 5.41) is 2.97. The van der Waals surface area contributed by atoms with E-state index < -0.39 is 17.8 Å². The summed E-state index contributed by atoms with van der Waals surface area (Å²) in [5.41, 5.74) is -0.492. The molecular formula is C26H25ClF3N5O4. The highest BCUT2D eigenvalue weighted by molar-refractivity contribution is 6.35. The first-order valence-electron chi connectivity index (χ1n) is 12.4. The molecule has 0 radical (unpaired) electrons. The first-order valence-corrected chi connectivity index (χ1v) is 12.7. The lowest BCUT2D eigenvalue weighted by atomic mass is 10.1. The highest BCUT2D eigenvalue weighted by atomic mass is 35.5. The predicted molar refractivity (Wildman–Crippen MR) is 137 cm³/mol. The number of imidazole rings is 1. The Morgan fingerprint density at radius 3 is 2.72 bits per heavy atom. The summed E-state index contributed by atoms with van der Waals surface area (Å²) in [6.07, 6.45) is -0.434. The molecule has 0 bridgehead atoms. The van der Waals surface area contributed by atoms with Crippen LogP contribution in [0, 0.1) is 0 Å². The van der Waals surface area contributed by atoms with Gasteiger partial charge in [0.15, 0.2) is 0 Å². The number of hydrogen-bond acceptors (Lipinski definition) is 6. The van der Waals surface area contributed by atoms with Crippen molar-refractivity contribution in [2.45, 2.75) is 37.6 Å². The quantitative estimate of drug-likeness (QED) is 0.430. The molecule has 2 saturated heterocycles. The first kappa shape index (κ1) is 26.9. The zero-order valence-corrected chi connectivity index (χ0v) is 21.5. The van der Waals surface area contributed by atoms with Crippen LogP contribution < -0.4 is 10.1 Å². The molecule has 3 aromatic rings. The molecule has 0 unspecified atom stereocenters. The Bertz CT molecular complexity index is 1420. The van der Waals surface area contributed by atoms with Gasteiger partial charge in [-0.1, -0.05) is 18.2 Å². The zero-order valence-electron chi connectivity index (χ0n) is 20.7. The zero-order chi connectivity index (χ0) is 27.7.